The largest absolute Gasteiger partial charge is 0.309 e. The number of hydrogen-bond acceptors (Lipinski definition) is 2. The normalized spacial score (nSPS) is 11.1. The molecule has 0 aliphatic carbocycles. The molecule has 0 aliphatic rings. The summed E-state index contributed by atoms with van der Waals surface area (Å²) in [5, 5.41) is 12.2. The van der Waals surface area contributed by atoms with Gasteiger partial charge in [-0.25, -0.2) is 0 Å². The third-order valence-corrected chi connectivity index (χ3v) is 5.53. The third kappa shape index (κ3) is 2.69. The summed E-state index contributed by atoms with van der Waals surface area (Å²) >= 11 is 0. The minimum Gasteiger partial charge on any atom is -0.309 e. The molecule has 3 heteroatoms. The van der Waals surface area contributed by atoms with Crippen molar-refractivity contribution in [2.75, 3.05) is 0 Å². The molecule has 138 valence electrons. The van der Waals surface area contributed by atoms with Crippen LogP contribution in [0.4, 0.5) is 0 Å². The second kappa shape index (κ2) is 6.61. The van der Waals surface area contributed by atoms with E-state index in [1.54, 1.807) is 12.4 Å². The molecule has 0 aliphatic heterocycles. The van der Waals surface area contributed by atoms with Crippen LogP contribution in [0.1, 0.15) is 16.7 Å². The van der Waals surface area contributed by atoms with Crippen molar-refractivity contribution in [1.29, 1.82) is 5.26 Å². The molecule has 0 amide bonds. The summed E-state index contributed by atoms with van der Waals surface area (Å²) in [5.41, 5.74) is 8.51. The molecule has 3 aromatic carbocycles. The molecule has 0 saturated carbocycles. The van der Waals surface area contributed by atoms with E-state index in [2.05, 4.69) is 71.9 Å². The summed E-state index contributed by atoms with van der Waals surface area (Å²) in [5.74, 6) is 0. The zero-order valence-electron chi connectivity index (χ0n) is 16.3. The highest BCUT2D eigenvalue weighted by molar-refractivity contribution is 6.11. The van der Waals surface area contributed by atoms with Gasteiger partial charge in [-0.05, 0) is 66.4 Å². The molecule has 3 nitrogen and oxygen atoms in total. The number of hydrogen-bond donors (Lipinski definition) is 0. The maximum absolute atomic E-state index is 9.70. The van der Waals surface area contributed by atoms with Crippen LogP contribution in [0.15, 0.2) is 79.1 Å². The SMILES string of the molecule is Cc1cccc2c3cccc(C)c3n(-c3cc(C#N)cc(-c4ccncc4)c3)c12. The molecule has 0 spiro atoms. The van der Waals surface area contributed by atoms with E-state index in [0.29, 0.717) is 5.56 Å². The Morgan fingerprint density at radius 2 is 1.38 bits per heavy atom. The van der Waals surface area contributed by atoms with Gasteiger partial charge in [-0.15, -0.1) is 0 Å². The van der Waals surface area contributed by atoms with Crippen molar-refractivity contribution in [3.8, 4) is 22.9 Å². The lowest BCUT2D eigenvalue weighted by Crippen LogP contribution is -1.98. The van der Waals surface area contributed by atoms with Crippen LogP contribution in [0.5, 0.6) is 0 Å². The summed E-state index contributed by atoms with van der Waals surface area (Å²) in [7, 11) is 0. The van der Waals surface area contributed by atoms with Crippen LogP contribution >= 0.6 is 0 Å². The van der Waals surface area contributed by atoms with E-state index in [9.17, 15) is 5.26 Å². The van der Waals surface area contributed by atoms with Gasteiger partial charge in [0, 0.05) is 28.9 Å². The smallest absolute Gasteiger partial charge is 0.0992 e. The lowest BCUT2D eigenvalue weighted by atomic mass is 10.0. The standard InChI is InChI=1S/C26H19N3/c1-17-5-3-7-23-24-8-4-6-18(2)26(24)29(25(17)23)22-14-19(16-27)13-21(15-22)20-9-11-28-12-10-20/h3-15H,1-2H3. The van der Waals surface area contributed by atoms with Gasteiger partial charge in [0.05, 0.1) is 22.7 Å². The molecular weight excluding hydrogens is 354 g/mol. The number of nitriles is 1. The van der Waals surface area contributed by atoms with Gasteiger partial charge in [0.2, 0.25) is 0 Å². The van der Waals surface area contributed by atoms with E-state index in [4.69, 9.17) is 0 Å². The Bertz CT molecular complexity index is 1360. The number of aromatic nitrogens is 2. The minimum atomic E-state index is 0.645. The first kappa shape index (κ1) is 17.2. The number of fused-ring (bicyclic) bond motifs is 3. The summed E-state index contributed by atoms with van der Waals surface area (Å²) < 4.78 is 2.31. The highest BCUT2D eigenvalue weighted by Crippen LogP contribution is 2.36. The predicted octanol–water partition coefficient (Wildman–Crippen LogP) is 6.33. The van der Waals surface area contributed by atoms with Crippen molar-refractivity contribution >= 4 is 21.8 Å². The molecule has 0 radical (unpaired) electrons. The third-order valence-electron chi connectivity index (χ3n) is 5.53. The summed E-state index contributed by atoms with van der Waals surface area (Å²) in [6.45, 7) is 4.29. The first-order valence-corrected chi connectivity index (χ1v) is 9.62. The first-order valence-electron chi connectivity index (χ1n) is 9.62. The van der Waals surface area contributed by atoms with Gasteiger partial charge in [0.25, 0.3) is 0 Å². The van der Waals surface area contributed by atoms with Crippen LogP contribution in [0.25, 0.3) is 38.6 Å². The van der Waals surface area contributed by atoms with Crippen molar-refractivity contribution < 1.29 is 0 Å². The number of nitrogens with zero attached hydrogens (tertiary/aromatic N) is 3. The number of pyridine rings is 1. The fourth-order valence-corrected chi connectivity index (χ4v) is 4.23. The summed E-state index contributed by atoms with van der Waals surface area (Å²) in [6, 6.07) is 25.2. The second-order valence-corrected chi connectivity index (χ2v) is 7.39. The van der Waals surface area contributed by atoms with Crippen molar-refractivity contribution in [2.45, 2.75) is 13.8 Å². The van der Waals surface area contributed by atoms with Crippen LogP contribution in [0.3, 0.4) is 0 Å². The van der Waals surface area contributed by atoms with Crippen molar-refractivity contribution in [2.24, 2.45) is 0 Å². The molecule has 0 bridgehead atoms. The van der Waals surface area contributed by atoms with E-state index in [1.807, 2.05) is 24.3 Å². The van der Waals surface area contributed by atoms with Gasteiger partial charge in [0.15, 0.2) is 0 Å². The molecule has 2 aromatic heterocycles. The minimum absolute atomic E-state index is 0.645. The molecule has 5 aromatic rings. The Hall–Kier alpha value is -3.90. The molecule has 2 heterocycles. The highest BCUT2D eigenvalue weighted by atomic mass is 15.0. The van der Waals surface area contributed by atoms with Gasteiger partial charge in [-0.2, -0.15) is 5.26 Å². The Kier molecular flexibility index (Phi) is 3.93. The number of para-hydroxylation sites is 2. The highest BCUT2D eigenvalue weighted by Gasteiger charge is 2.16. The first-order chi connectivity index (χ1) is 14.2. The maximum atomic E-state index is 9.70. The average molecular weight is 373 g/mol. The second-order valence-electron chi connectivity index (χ2n) is 7.39. The Labute approximate surface area is 169 Å². The van der Waals surface area contributed by atoms with Crippen molar-refractivity contribution in [1.82, 2.24) is 9.55 Å². The van der Waals surface area contributed by atoms with Crippen molar-refractivity contribution in [3.63, 3.8) is 0 Å². The Balaban J connectivity index is 1.93. The molecule has 5 rings (SSSR count). The predicted molar refractivity (Wildman–Crippen MR) is 118 cm³/mol. The zero-order valence-corrected chi connectivity index (χ0v) is 16.3. The van der Waals surface area contributed by atoms with E-state index >= 15 is 0 Å². The molecule has 0 N–H and O–H groups in total. The fourth-order valence-electron chi connectivity index (χ4n) is 4.23. The van der Waals surface area contributed by atoms with Crippen LogP contribution in [0.2, 0.25) is 0 Å². The van der Waals surface area contributed by atoms with E-state index in [0.717, 1.165) is 16.8 Å². The number of rotatable bonds is 2. The van der Waals surface area contributed by atoms with Gasteiger partial charge < -0.3 is 4.57 Å². The Morgan fingerprint density at radius 1 is 0.759 bits per heavy atom. The molecule has 29 heavy (non-hydrogen) atoms. The monoisotopic (exact) mass is 373 g/mol. The number of benzene rings is 3. The molecule has 0 unspecified atom stereocenters. The molecule has 0 fully saturated rings. The lowest BCUT2D eigenvalue weighted by molar-refractivity contribution is 1.15. The Morgan fingerprint density at radius 3 is 1.97 bits per heavy atom. The van der Waals surface area contributed by atoms with Gasteiger partial charge in [0.1, 0.15) is 0 Å². The molecule has 0 saturated heterocycles. The average Bonchev–Trinajstić information content (AvgIpc) is 3.11. The van der Waals surface area contributed by atoms with Gasteiger partial charge in [-0.1, -0.05) is 36.4 Å². The fraction of sp³-hybridized carbons (Fsp3) is 0.0769. The summed E-state index contributed by atoms with van der Waals surface area (Å²) in [4.78, 5) is 4.12. The van der Waals surface area contributed by atoms with Crippen LogP contribution < -0.4 is 0 Å². The molecule has 0 atom stereocenters. The topological polar surface area (TPSA) is 41.6 Å². The van der Waals surface area contributed by atoms with E-state index < -0.39 is 0 Å². The van der Waals surface area contributed by atoms with Crippen molar-refractivity contribution in [3.05, 3.63) is 95.8 Å². The van der Waals surface area contributed by atoms with Gasteiger partial charge >= 0.3 is 0 Å². The number of aryl methyl sites for hydroxylation is 2. The van der Waals surface area contributed by atoms with E-state index in [1.165, 1.54) is 32.9 Å². The molecular formula is C26H19N3. The van der Waals surface area contributed by atoms with Gasteiger partial charge in [-0.3, -0.25) is 4.98 Å². The van der Waals surface area contributed by atoms with Crippen LogP contribution in [-0.2, 0) is 0 Å². The quantitative estimate of drug-likeness (QED) is 0.362. The van der Waals surface area contributed by atoms with Crippen LogP contribution in [0, 0.1) is 25.2 Å². The van der Waals surface area contributed by atoms with E-state index in [-0.39, 0.29) is 0 Å². The summed E-state index contributed by atoms with van der Waals surface area (Å²) in [6.07, 6.45) is 3.56. The zero-order chi connectivity index (χ0) is 20.0. The van der Waals surface area contributed by atoms with Crippen LogP contribution in [-0.4, -0.2) is 9.55 Å². The lowest BCUT2D eigenvalue weighted by Gasteiger charge is -2.13. The maximum Gasteiger partial charge on any atom is 0.0992 e.